The number of rotatable bonds is 1. The number of aliphatic hydroxyl groups is 1. The van der Waals surface area contributed by atoms with E-state index in [-0.39, 0.29) is 11.5 Å². The van der Waals surface area contributed by atoms with Crippen molar-refractivity contribution in [3.8, 4) is 12.3 Å². The minimum Gasteiger partial charge on any atom is -0.393 e. The van der Waals surface area contributed by atoms with E-state index >= 15 is 0 Å². The SMILES string of the molecule is C#C/C=C/C1=C(C)C[C@@H](O)CC1(C)C. The Morgan fingerprint density at radius 3 is 2.71 bits per heavy atom. The van der Waals surface area contributed by atoms with Crippen molar-refractivity contribution in [1.29, 1.82) is 0 Å². The third-order valence-corrected chi connectivity index (χ3v) is 2.82. The number of aliphatic hydroxyl groups excluding tert-OH is 1. The molecular weight excluding hydrogens is 172 g/mol. The number of hydrogen-bond acceptors (Lipinski definition) is 1. The highest BCUT2D eigenvalue weighted by Gasteiger charge is 2.31. The Bertz CT molecular complexity index is 313. The summed E-state index contributed by atoms with van der Waals surface area (Å²) in [6.07, 6.45) is 10.3. The molecule has 0 aromatic rings. The van der Waals surface area contributed by atoms with Crippen LogP contribution < -0.4 is 0 Å². The van der Waals surface area contributed by atoms with Gasteiger partial charge in [-0.15, -0.1) is 6.42 Å². The second-order valence-electron chi connectivity index (χ2n) is 4.64. The quantitative estimate of drug-likeness (QED) is 0.630. The van der Waals surface area contributed by atoms with Crippen molar-refractivity contribution >= 4 is 0 Å². The van der Waals surface area contributed by atoms with Gasteiger partial charge in [0.2, 0.25) is 0 Å². The molecule has 0 amide bonds. The summed E-state index contributed by atoms with van der Waals surface area (Å²) in [5.74, 6) is 2.51. The molecule has 1 atom stereocenters. The molecule has 0 spiro atoms. The van der Waals surface area contributed by atoms with Gasteiger partial charge in [-0.1, -0.05) is 31.4 Å². The molecule has 0 heterocycles. The summed E-state index contributed by atoms with van der Waals surface area (Å²) in [4.78, 5) is 0. The summed E-state index contributed by atoms with van der Waals surface area (Å²) < 4.78 is 0. The van der Waals surface area contributed by atoms with Crippen molar-refractivity contribution in [2.75, 3.05) is 0 Å². The summed E-state index contributed by atoms with van der Waals surface area (Å²) in [5.41, 5.74) is 2.57. The normalized spacial score (nSPS) is 26.6. The van der Waals surface area contributed by atoms with Crippen LogP contribution in [0.15, 0.2) is 23.3 Å². The summed E-state index contributed by atoms with van der Waals surface area (Å²) in [7, 11) is 0. The van der Waals surface area contributed by atoms with E-state index in [0.717, 1.165) is 12.8 Å². The standard InChI is InChI=1S/C13H18O/c1-5-6-7-12-10(2)8-11(14)9-13(12,3)4/h1,6-7,11,14H,8-9H2,2-4H3/b7-6+/t11-/m1/s1. The van der Waals surface area contributed by atoms with Crippen LogP contribution in [0.3, 0.4) is 0 Å². The lowest BCUT2D eigenvalue weighted by Gasteiger charge is -2.35. The molecule has 0 radical (unpaired) electrons. The smallest absolute Gasteiger partial charge is 0.0585 e. The van der Waals surface area contributed by atoms with Gasteiger partial charge < -0.3 is 5.11 Å². The van der Waals surface area contributed by atoms with Crippen LogP contribution >= 0.6 is 0 Å². The van der Waals surface area contributed by atoms with E-state index in [1.807, 2.05) is 6.08 Å². The molecule has 0 aromatic heterocycles. The number of terminal acetylenes is 1. The van der Waals surface area contributed by atoms with Crippen LogP contribution in [0.5, 0.6) is 0 Å². The second kappa shape index (κ2) is 4.02. The van der Waals surface area contributed by atoms with E-state index < -0.39 is 0 Å². The van der Waals surface area contributed by atoms with Crippen molar-refractivity contribution in [2.24, 2.45) is 5.41 Å². The van der Waals surface area contributed by atoms with Gasteiger partial charge in [-0.25, -0.2) is 0 Å². The molecule has 1 rings (SSSR count). The van der Waals surface area contributed by atoms with Gasteiger partial charge in [0.15, 0.2) is 0 Å². The Morgan fingerprint density at radius 2 is 2.21 bits per heavy atom. The van der Waals surface area contributed by atoms with Gasteiger partial charge in [-0.3, -0.25) is 0 Å². The van der Waals surface area contributed by atoms with Crippen molar-refractivity contribution in [3.05, 3.63) is 23.3 Å². The Hall–Kier alpha value is -1.00. The first-order chi connectivity index (χ1) is 6.47. The fourth-order valence-electron chi connectivity index (χ4n) is 2.31. The van der Waals surface area contributed by atoms with Gasteiger partial charge >= 0.3 is 0 Å². The van der Waals surface area contributed by atoms with Crippen molar-refractivity contribution in [3.63, 3.8) is 0 Å². The monoisotopic (exact) mass is 190 g/mol. The van der Waals surface area contributed by atoms with Gasteiger partial charge in [0, 0.05) is 0 Å². The molecule has 0 aromatic carbocycles. The first kappa shape index (κ1) is 11.1. The maximum Gasteiger partial charge on any atom is 0.0585 e. The Morgan fingerprint density at radius 1 is 1.57 bits per heavy atom. The lowest BCUT2D eigenvalue weighted by Crippen LogP contribution is -2.28. The minimum absolute atomic E-state index is 0.0368. The third kappa shape index (κ3) is 2.27. The highest BCUT2D eigenvalue weighted by molar-refractivity contribution is 5.35. The maximum atomic E-state index is 9.66. The predicted molar refractivity (Wildman–Crippen MR) is 59.7 cm³/mol. The van der Waals surface area contributed by atoms with Gasteiger partial charge in [-0.05, 0) is 36.8 Å². The van der Waals surface area contributed by atoms with Gasteiger partial charge in [-0.2, -0.15) is 0 Å². The molecule has 0 bridgehead atoms. The molecule has 76 valence electrons. The molecule has 1 nitrogen and oxygen atoms in total. The van der Waals surface area contributed by atoms with Crippen LogP contribution in [0, 0.1) is 17.8 Å². The number of hydrogen-bond donors (Lipinski definition) is 1. The zero-order valence-corrected chi connectivity index (χ0v) is 9.17. The summed E-state index contributed by atoms with van der Waals surface area (Å²) in [5, 5.41) is 9.66. The highest BCUT2D eigenvalue weighted by Crippen LogP contribution is 2.40. The van der Waals surface area contributed by atoms with Crippen molar-refractivity contribution in [1.82, 2.24) is 0 Å². The minimum atomic E-state index is -0.201. The first-order valence-corrected chi connectivity index (χ1v) is 4.98. The fourth-order valence-corrected chi connectivity index (χ4v) is 2.31. The van der Waals surface area contributed by atoms with E-state index in [9.17, 15) is 5.11 Å². The Labute approximate surface area is 86.5 Å². The van der Waals surface area contributed by atoms with Crippen LogP contribution in [0.25, 0.3) is 0 Å². The van der Waals surface area contributed by atoms with E-state index in [0.29, 0.717) is 0 Å². The van der Waals surface area contributed by atoms with Crippen molar-refractivity contribution in [2.45, 2.75) is 39.7 Å². The van der Waals surface area contributed by atoms with Gasteiger partial charge in [0.1, 0.15) is 0 Å². The summed E-state index contributed by atoms with van der Waals surface area (Å²) in [6, 6.07) is 0. The third-order valence-electron chi connectivity index (χ3n) is 2.82. The average Bonchev–Trinajstić information content (AvgIpc) is 2.00. The Balaban J connectivity index is 3.04. The van der Waals surface area contributed by atoms with Crippen LogP contribution in [0.2, 0.25) is 0 Å². The van der Waals surface area contributed by atoms with E-state index in [1.165, 1.54) is 11.1 Å². The van der Waals surface area contributed by atoms with Crippen LogP contribution in [-0.4, -0.2) is 11.2 Å². The second-order valence-corrected chi connectivity index (χ2v) is 4.64. The molecule has 14 heavy (non-hydrogen) atoms. The lowest BCUT2D eigenvalue weighted by atomic mass is 9.71. The molecule has 0 unspecified atom stereocenters. The lowest BCUT2D eigenvalue weighted by molar-refractivity contribution is 0.116. The predicted octanol–water partition coefficient (Wildman–Crippen LogP) is 2.67. The number of allylic oxidation sites excluding steroid dienone is 3. The van der Waals surface area contributed by atoms with Crippen LogP contribution in [0.1, 0.15) is 33.6 Å². The fraction of sp³-hybridized carbons (Fsp3) is 0.538. The van der Waals surface area contributed by atoms with Crippen molar-refractivity contribution < 1.29 is 5.11 Å². The largest absolute Gasteiger partial charge is 0.393 e. The topological polar surface area (TPSA) is 20.2 Å². The zero-order chi connectivity index (χ0) is 10.8. The molecule has 1 N–H and O–H groups in total. The average molecular weight is 190 g/mol. The molecule has 0 fully saturated rings. The van der Waals surface area contributed by atoms with Crippen LogP contribution in [0.4, 0.5) is 0 Å². The van der Waals surface area contributed by atoms with E-state index in [2.05, 4.69) is 26.7 Å². The molecule has 1 aliphatic rings. The van der Waals surface area contributed by atoms with Gasteiger partial charge in [0.05, 0.1) is 6.10 Å². The summed E-state index contributed by atoms with van der Waals surface area (Å²) in [6.45, 7) is 6.37. The van der Waals surface area contributed by atoms with E-state index in [1.54, 1.807) is 6.08 Å². The molecule has 0 saturated carbocycles. The molecule has 1 heteroatoms. The first-order valence-electron chi connectivity index (χ1n) is 4.98. The molecule has 0 saturated heterocycles. The van der Waals surface area contributed by atoms with Gasteiger partial charge in [0.25, 0.3) is 0 Å². The molecule has 1 aliphatic carbocycles. The molecule has 0 aliphatic heterocycles. The summed E-state index contributed by atoms with van der Waals surface area (Å²) >= 11 is 0. The van der Waals surface area contributed by atoms with E-state index in [4.69, 9.17) is 6.42 Å². The maximum absolute atomic E-state index is 9.66. The van der Waals surface area contributed by atoms with Crippen LogP contribution in [-0.2, 0) is 0 Å². The Kier molecular flexibility index (Phi) is 3.18. The highest BCUT2D eigenvalue weighted by atomic mass is 16.3. The zero-order valence-electron chi connectivity index (χ0n) is 9.17. The molecular formula is C13H18O.